The first kappa shape index (κ1) is 17.7. The molecule has 5 rings (SSSR count). The maximum Gasteiger partial charge on any atom is 0.227 e. The summed E-state index contributed by atoms with van der Waals surface area (Å²) in [5, 5.41) is 17.8. The predicted molar refractivity (Wildman–Crippen MR) is 107 cm³/mol. The maximum absolute atomic E-state index is 13.1. The van der Waals surface area contributed by atoms with Crippen molar-refractivity contribution in [3.8, 4) is 17.1 Å². The Morgan fingerprint density at radius 1 is 1.24 bits per heavy atom. The van der Waals surface area contributed by atoms with E-state index in [-0.39, 0.29) is 16.9 Å². The molecule has 2 N–H and O–H groups in total. The molecule has 0 saturated heterocycles. The standard InChI is InChI=1S/C22H22N4O3/c1-12-7-8-17(29-12)19-18-15(10-22(2,3)11-16(18)28)23-21-24-20(25-26(19)21)13-5-4-6-14(27)9-13/h4-9,19,27H,10-11H2,1-3H3,(H,23,24,25). The number of fused-ring (bicyclic) bond motifs is 1. The third-order valence-corrected chi connectivity index (χ3v) is 5.47. The van der Waals surface area contributed by atoms with Gasteiger partial charge in [-0.15, -0.1) is 5.10 Å². The van der Waals surface area contributed by atoms with E-state index in [1.54, 1.807) is 22.9 Å². The lowest BCUT2D eigenvalue weighted by molar-refractivity contribution is -0.118. The number of phenols is 1. The van der Waals surface area contributed by atoms with Gasteiger partial charge in [0.1, 0.15) is 23.3 Å². The maximum atomic E-state index is 13.1. The van der Waals surface area contributed by atoms with Crippen LogP contribution < -0.4 is 5.32 Å². The summed E-state index contributed by atoms with van der Waals surface area (Å²) in [5.41, 5.74) is 2.15. The lowest BCUT2D eigenvalue weighted by Crippen LogP contribution is -2.36. The van der Waals surface area contributed by atoms with E-state index < -0.39 is 6.04 Å². The van der Waals surface area contributed by atoms with Crippen LogP contribution in [0.5, 0.6) is 5.75 Å². The number of allylic oxidation sites excluding steroid dienone is 2. The first-order chi connectivity index (χ1) is 13.8. The van der Waals surface area contributed by atoms with E-state index in [1.165, 1.54) is 0 Å². The molecule has 7 nitrogen and oxygen atoms in total. The van der Waals surface area contributed by atoms with E-state index in [0.717, 1.165) is 17.9 Å². The number of hydrogen-bond donors (Lipinski definition) is 2. The smallest absolute Gasteiger partial charge is 0.227 e. The van der Waals surface area contributed by atoms with Crippen LogP contribution in [0.25, 0.3) is 11.4 Å². The molecule has 0 spiro atoms. The summed E-state index contributed by atoms with van der Waals surface area (Å²) in [4.78, 5) is 17.8. The van der Waals surface area contributed by atoms with Gasteiger partial charge in [-0.05, 0) is 43.0 Å². The van der Waals surface area contributed by atoms with Crippen molar-refractivity contribution in [2.45, 2.75) is 39.7 Å². The lowest BCUT2D eigenvalue weighted by Gasteiger charge is -2.37. The number of phenolic OH excluding ortho intramolecular Hbond substituents is 1. The molecule has 1 aliphatic heterocycles. The minimum Gasteiger partial charge on any atom is -0.508 e. The Morgan fingerprint density at radius 3 is 2.79 bits per heavy atom. The summed E-state index contributed by atoms with van der Waals surface area (Å²) in [6, 6.07) is 10.1. The van der Waals surface area contributed by atoms with Gasteiger partial charge in [-0.25, -0.2) is 4.68 Å². The van der Waals surface area contributed by atoms with Crippen LogP contribution in [0.3, 0.4) is 0 Å². The Bertz CT molecular complexity index is 1170. The van der Waals surface area contributed by atoms with Gasteiger partial charge in [0, 0.05) is 23.3 Å². The zero-order valence-corrected chi connectivity index (χ0v) is 16.6. The summed E-state index contributed by atoms with van der Waals surface area (Å²) in [6.07, 6.45) is 1.23. The van der Waals surface area contributed by atoms with Crippen molar-refractivity contribution in [3.63, 3.8) is 0 Å². The average molecular weight is 390 g/mol. The highest BCUT2D eigenvalue weighted by atomic mass is 16.3. The summed E-state index contributed by atoms with van der Waals surface area (Å²) in [7, 11) is 0. The number of rotatable bonds is 2. The van der Waals surface area contributed by atoms with Crippen molar-refractivity contribution < 1.29 is 14.3 Å². The highest BCUT2D eigenvalue weighted by molar-refractivity contribution is 6.00. The number of aryl methyl sites for hydroxylation is 1. The first-order valence-corrected chi connectivity index (χ1v) is 9.66. The minimum atomic E-state index is -0.461. The monoisotopic (exact) mass is 390 g/mol. The van der Waals surface area contributed by atoms with E-state index >= 15 is 0 Å². The molecule has 0 saturated carbocycles. The summed E-state index contributed by atoms with van der Waals surface area (Å²) < 4.78 is 7.64. The molecule has 1 unspecified atom stereocenters. The van der Waals surface area contributed by atoms with Gasteiger partial charge >= 0.3 is 0 Å². The van der Waals surface area contributed by atoms with E-state index in [9.17, 15) is 9.90 Å². The van der Waals surface area contributed by atoms with E-state index in [0.29, 0.717) is 35.1 Å². The molecule has 3 heterocycles. The minimum absolute atomic E-state index is 0.0999. The Morgan fingerprint density at radius 2 is 2.07 bits per heavy atom. The normalized spacial score (nSPS) is 20.2. The quantitative estimate of drug-likeness (QED) is 0.681. The molecule has 7 heteroatoms. The highest BCUT2D eigenvalue weighted by Gasteiger charge is 2.43. The van der Waals surface area contributed by atoms with Gasteiger partial charge in [-0.3, -0.25) is 4.79 Å². The van der Waals surface area contributed by atoms with Crippen LogP contribution in [0, 0.1) is 12.3 Å². The number of Topliss-reactive ketones (excluding diaryl/α,β-unsaturated/α-hetero) is 1. The summed E-state index contributed by atoms with van der Waals surface area (Å²) >= 11 is 0. The first-order valence-electron chi connectivity index (χ1n) is 9.66. The van der Waals surface area contributed by atoms with E-state index in [1.807, 2.05) is 25.1 Å². The summed E-state index contributed by atoms with van der Waals surface area (Å²) in [6.45, 7) is 6.08. The average Bonchev–Trinajstić information content (AvgIpc) is 3.25. The second-order valence-corrected chi connectivity index (χ2v) is 8.56. The van der Waals surface area contributed by atoms with E-state index in [4.69, 9.17) is 4.42 Å². The zero-order valence-electron chi connectivity index (χ0n) is 16.6. The number of anilines is 1. The molecule has 1 aliphatic carbocycles. The Labute approximate surface area is 168 Å². The third-order valence-electron chi connectivity index (χ3n) is 5.47. The van der Waals surface area contributed by atoms with Gasteiger partial charge in [0.05, 0.1) is 0 Å². The molecule has 148 valence electrons. The van der Waals surface area contributed by atoms with Crippen molar-refractivity contribution >= 4 is 11.7 Å². The second kappa shape index (κ2) is 6.07. The lowest BCUT2D eigenvalue weighted by atomic mass is 9.73. The second-order valence-electron chi connectivity index (χ2n) is 8.56. The van der Waals surface area contributed by atoms with Gasteiger partial charge in [-0.1, -0.05) is 26.0 Å². The predicted octanol–water partition coefficient (Wildman–Crippen LogP) is 4.21. The van der Waals surface area contributed by atoms with Gasteiger partial charge in [0.25, 0.3) is 0 Å². The molecule has 2 aliphatic rings. The number of aromatic nitrogens is 3. The molecule has 0 fully saturated rings. The molecule has 0 radical (unpaired) electrons. The highest BCUT2D eigenvalue weighted by Crippen LogP contribution is 2.46. The van der Waals surface area contributed by atoms with Gasteiger partial charge in [0.2, 0.25) is 5.95 Å². The number of benzene rings is 1. The van der Waals surface area contributed by atoms with Crippen LogP contribution in [-0.2, 0) is 4.79 Å². The molecule has 0 bridgehead atoms. The van der Waals surface area contributed by atoms with Crippen molar-refractivity contribution in [1.29, 1.82) is 0 Å². The largest absolute Gasteiger partial charge is 0.508 e. The molecular formula is C22H22N4O3. The van der Waals surface area contributed by atoms with E-state index in [2.05, 4.69) is 29.2 Å². The molecule has 1 atom stereocenters. The van der Waals surface area contributed by atoms with Crippen LogP contribution >= 0.6 is 0 Å². The molecular weight excluding hydrogens is 368 g/mol. The SMILES string of the molecule is Cc1ccc(C2C3=C(CC(C)(C)CC3=O)Nc3nc(-c4cccc(O)c4)nn32)o1. The molecule has 3 aromatic rings. The molecule has 1 aromatic carbocycles. The fourth-order valence-electron chi connectivity index (χ4n) is 4.24. The van der Waals surface area contributed by atoms with Crippen LogP contribution in [0.4, 0.5) is 5.95 Å². The summed E-state index contributed by atoms with van der Waals surface area (Å²) in [5.74, 6) is 2.73. The topological polar surface area (TPSA) is 93.2 Å². The molecule has 29 heavy (non-hydrogen) atoms. The van der Waals surface area contributed by atoms with Crippen LogP contribution in [0.1, 0.15) is 44.3 Å². The number of carbonyl (C=O) groups excluding carboxylic acids is 1. The number of hydrogen-bond acceptors (Lipinski definition) is 6. The number of furan rings is 1. The van der Waals surface area contributed by atoms with Gasteiger partial charge in [-0.2, -0.15) is 4.98 Å². The molecule has 0 amide bonds. The van der Waals surface area contributed by atoms with Crippen LogP contribution in [-0.4, -0.2) is 25.7 Å². The number of ketones is 1. The Kier molecular flexibility index (Phi) is 3.71. The number of nitrogens with zero attached hydrogens (tertiary/aromatic N) is 3. The Hall–Kier alpha value is -3.35. The fraction of sp³-hybridized carbons (Fsp3) is 0.318. The number of aromatic hydroxyl groups is 1. The van der Waals surface area contributed by atoms with Crippen LogP contribution in [0.2, 0.25) is 0 Å². The van der Waals surface area contributed by atoms with Crippen molar-refractivity contribution in [2.24, 2.45) is 5.41 Å². The van der Waals surface area contributed by atoms with Crippen molar-refractivity contribution in [1.82, 2.24) is 14.8 Å². The van der Waals surface area contributed by atoms with Crippen molar-refractivity contribution in [2.75, 3.05) is 5.32 Å². The zero-order chi connectivity index (χ0) is 20.3. The number of nitrogens with one attached hydrogen (secondary N) is 1. The van der Waals surface area contributed by atoms with Gasteiger partial charge in [0.15, 0.2) is 11.6 Å². The fourth-order valence-corrected chi connectivity index (χ4v) is 4.24. The van der Waals surface area contributed by atoms with Crippen molar-refractivity contribution in [3.05, 3.63) is 59.2 Å². The third kappa shape index (κ3) is 2.93. The molecule has 2 aromatic heterocycles. The van der Waals surface area contributed by atoms with Crippen LogP contribution in [0.15, 0.2) is 52.1 Å². The number of carbonyl (C=O) groups is 1. The van der Waals surface area contributed by atoms with Gasteiger partial charge < -0.3 is 14.8 Å². The Balaban J connectivity index is 1.68.